The zero-order chi connectivity index (χ0) is 33.3. The third-order valence-electron chi connectivity index (χ3n) is 8.81. The van der Waals surface area contributed by atoms with Crippen molar-refractivity contribution < 1.29 is 17.9 Å². The summed E-state index contributed by atoms with van der Waals surface area (Å²) in [5, 5.41) is 10.1. The number of pyridine rings is 3. The van der Waals surface area contributed by atoms with Crippen molar-refractivity contribution in [2.75, 3.05) is 55.6 Å². The molecule has 11 nitrogen and oxygen atoms in total. The molecule has 1 fully saturated rings. The van der Waals surface area contributed by atoms with E-state index in [0.717, 1.165) is 11.4 Å². The second kappa shape index (κ2) is 13.0. The van der Waals surface area contributed by atoms with Gasteiger partial charge in [0.2, 0.25) is 5.88 Å². The Bertz CT molecular complexity index is 1930. The van der Waals surface area contributed by atoms with Crippen molar-refractivity contribution in [2.24, 2.45) is 0 Å². The summed E-state index contributed by atoms with van der Waals surface area (Å²) in [5.41, 5.74) is 3.24. The minimum Gasteiger partial charge on any atom is -0.495 e. The number of sulfonamides is 1. The highest BCUT2D eigenvalue weighted by Gasteiger charge is 2.54. The lowest BCUT2D eigenvalue weighted by atomic mass is 9.82. The van der Waals surface area contributed by atoms with Gasteiger partial charge in [0.05, 0.1) is 49.3 Å². The van der Waals surface area contributed by atoms with Crippen molar-refractivity contribution >= 4 is 33.0 Å². The number of aromatic nitrogens is 3. The Labute approximate surface area is 280 Å². The summed E-state index contributed by atoms with van der Waals surface area (Å²) in [6.45, 7) is 8.95. The molecule has 5 heterocycles. The highest BCUT2D eigenvalue weighted by Crippen LogP contribution is 2.52. The zero-order valence-electron chi connectivity index (χ0n) is 26.7. The van der Waals surface area contributed by atoms with Crippen LogP contribution in [0.5, 0.6) is 11.6 Å². The van der Waals surface area contributed by atoms with Crippen LogP contribution in [-0.4, -0.2) is 74.7 Å². The van der Waals surface area contributed by atoms with Crippen molar-refractivity contribution in [3.8, 4) is 17.7 Å². The van der Waals surface area contributed by atoms with E-state index in [-0.39, 0.29) is 16.7 Å². The van der Waals surface area contributed by atoms with Crippen LogP contribution in [0.15, 0.2) is 72.0 Å². The molecule has 1 atom stereocenters. The van der Waals surface area contributed by atoms with Crippen molar-refractivity contribution in [1.82, 2.24) is 19.9 Å². The average molecular weight is 674 g/mol. The summed E-state index contributed by atoms with van der Waals surface area (Å²) in [4.78, 5) is 17.9. The summed E-state index contributed by atoms with van der Waals surface area (Å²) < 4.78 is 41.5. The molecular weight excluding hydrogens is 638 g/mol. The molecule has 1 unspecified atom stereocenters. The number of rotatable bonds is 9. The quantitative estimate of drug-likeness (QED) is 0.219. The Morgan fingerprint density at radius 3 is 2.47 bits per heavy atom. The Kier molecular flexibility index (Phi) is 8.98. The Morgan fingerprint density at radius 2 is 1.81 bits per heavy atom. The van der Waals surface area contributed by atoms with Gasteiger partial charge in [0, 0.05) is 54.9 Å². The van der Waals surface area contributed by atoms with Gasteiger partial charge < -0.3 is 14.4 Å². The van der Waals surface area contributed by atoms with E-state index < -0.39 is 15.6 Å². The maximum absolute atomic E-state index is 14.4. The van der Waals surface area contributed by atoms with Crippen LogP contribution in [0.4, 0.5) is 11.4 Å². The van der Waals surface area contributed by atoms with Crippen LogP contribution in [0.25, 0.3) is 0 Å². The number of benzene rings is 1. The third kappa shape index (κ3) is 5.84. The van der Waals surface area contributed by atoms with Gasteiger partial charge in [-0.05, 0) is 67.4 Å². The molecule has 244 valence electrons. The van der Waals surface area contributed by atoms with E-state index in [9.17, 15) is 13.7 Å². The van der Waals surface area contributed by atoms with Crippen LogP contribution in [0, 0.1) is 11.3 Å². The first-order valence-electron chi connectivity index (χ1n) is 15.5. The van der Waals surface area contributed by atoms with E-state index in [1.165, 1.54) is 23.7 Å². The summed E-state index contributed by atoms with van der Waals surface area (Å²) in [7, 11) is -2.67. The van der Waals surface area contributed by atoms with E-state index >= 15 is 0 Å². The number of piperazine rings is 1. The number of nitriles is 1. The van der Waals surface area contributed by atoms with E-state index in [4.69, 9.17) is 21.1 Å². The standard InChI is InChI=1S/C34H36ClN7O4S/c1-5-46-33-27(8-10-31(35)39-33)34(41-16-14-40(15-17-41)25-12-13-37-29(19-25)23(2)3)22-42(30-9-6-24(20-36)18-28(30)34)47(43,44)32-11-7-26(45-4)21-38-32/h6-13,18-19,21,23H,5,14-17,22H2,1-4H3. The molecular formula is C34H36ClN7O4S. The predicted molar refractivity (Wildman–Crippen MR) is 180 cm³/mol. The number of methoxy groups -OCH3 is 1. The summed E-state index contributed by atoms with van der Waals surface area (Å²) >= 11 is 6.38. The molecule has 0 saturated carbocycles. The van der Waals surface area contributed by atoms with Crippen molar-refractivity contribution in [3.63, 3.8) is 0 Å². The molecule has 0 spiro atoms. The number of fused-ring (bicyclic) bond motifs is 1. The summed E-state index contributed by atoms with van der Waals surface area (Å²) in [6.07, 6.45) is 3.23. The van der Waals surface area contributed by atoms with Gasteiger partial charge in [0.25, 0.3) is 10.0 Å². The highest BCUT2D eigenvalue weighted by atomic mass is 35.5. The maximum atomic E-state index is 14.4. The average Bonchev–Trinajstić information content (AvgIpc) is 3.44. The van der Waals surface area contributed by atoms with E-state index in [1.54, 1.807) is 30.3 Å². The number of ether oxygens (including phenoxy) is 2. The second-order valence-electron chi connectivity index (χ2n) is 11.7. The smallest absolute Gasteiger partial charge is 0.281 e. The molecule has 47 heavy (non-hydrogen) atoms. The van der Waals surface area contributed by atoms with Crippen LogP contribution >= 0.6 is 11.6 Å². The molecule has 0 radical (unpaired) electrons. The minimum absolute atomic E-state index is 0.00337. The number of hydrogen-bond acceptors (Lipinski definition) is 10. The van der Waals surface area contributed by atoms with Gasteiger partial charge in [-0.3, -0.25) is 14.2 Å². The lowest BCUT2D eigenvalue weighted by Gasteiger charge is -2.47. The van der Waals surface area contributed by atoms with Crippen molar-refractivity contribution in [1.29, 1.82) is 5.26 Å². The van der Waals surface area contributed by atoms with Crippen LogP contribution in [-0.2, 0) is 15.6 Å². The number of hydrogen-bond donors (Lipinski definition) is 0. The maximum Gasteiger partial charge on any atom is 0.281 e. The molecule has 1 saturated heterocycles. The van der Waals surface area contributed by atoms with Crippen LogP contribution in [0.3, 0.4) is 0 Å². The van der Waals surface area contributed by atoms with Gasteiger partial charge in [0.1, 0.15) is 10.9 Å². The zero-order valence-corrected chi connectivity index (χ0v) is 28.3. The normalized spacial score (nSPS) is 18.2. The molecule has 3 aromatic heterocycles. The molecule has 13 heteroatoms. The molecule has 6 rings (SSSR count). The highest BCUT2D eigenvalue weighted by molar-refractivity contribution is 7.92. The van der Waals surface area contributed by atoms with E-state index in [1.807, 2.05) is 25.3 Å². The number of anilines is 2. The van der Waals surface area contributed by atoms with E-state index in [0.29, 0.717) is 72.7 Å². The monoisotopic (exact) mass is 673 g/mol. The first kappa shape index (κ1) is 32.5. The lowest BCUT2D eigenvalue weighted by Crippen LogP contribution is -2.58. The van der Waals surface area contributed by atoms with Crippen LogP contribution in [0.2, 0.25) is 5.15 Å². The van der Waals surface area contributed by atoms with Crippen molar-refractivity contribution in [2.45, 2.75) is 37.3 Å². The Morgan fingerprint density at radius 1 is 1.02 bits per heavy atom. The Balaban J connectivity index is 1.50. The topological polar surface area (TPSA) is 125 Å². The number of nitrogens with zero attached hydrogens (tertiary/aromatic N) is 7. The molecule has 0 amide bonds. The summed E-state index contributed by atoms with van der Waals surface area (Å²) in [6, 6.07) is 18.1. The fourth-order valence-electron chi connectivity index (χ4n) is 6.45. The Hall–Kier alpha value is -4.44. The van der Waals surface area contributed by atoms with Gasteiger partial charge in [-0.2, -0.15) is 13.7 Å². The SMILES string of the molecule is CCOc1nc(Cl)ccc1C1(N2CCN(c3ccnc(C(C)C)c3)CC2)CN(S(=O)(=O)c2ccc(OC)cn2)c2ccc(C#N)cc21. The predicted octanol–water partition coefficient (Wildman–Crippen LogP) is 5.20. The number of halogens is 1. The molecule has 0 N–H and O–H groups in total. The molecule has 0 bridgehead atoms. The molecule has 0 aliphatic carbocycles. The van der Waals surface area contributed by atoms with Gasteiger partial charge in [-0.25, -0.2) is 9.97 Å². The fraction of sp³-hybridized carbons (Fsp3) is 0.353. The van der Waals surface area contributed by atoms with E-state index in [2.05, 4.69) is 50.7 Å². The largest absolute Gasteiger partial charge is 0.495 e. The molecule has 2 aliphatic rings. The van der Waals surface area contributed by atoms with Gasteiger partial charge in [-0.15, -0.1) is 0 Å². The van der Waals surface area contributed by atoms with Gasteiger partial charge in [-0.1, -0.05) is 25.4 Å². The lowest BCUT2D eigenvalue weighted by molar-refractivity contribution is 0.123. The van der Waals surface area contributed by atoms with Crippen LogP contribution < -0.4 is 18.7 Å². The second-order valence-corrected chi connectivity index (χ2v) is 13.9. The molecule has 4 aromatic rings. The summed E-state index contributed by atoms with van der Waals surface area (Å²) in [5.74, 6) is 1.06. The van der Waals surface area contributed by atoms with Crippen molar-refractivity contribution in [3.05, 3.63) is 94.5 Å². The van der Waals surface area contributed by atoms with Crippen LogP contribution in [0.1, 0.15) is 49.1 Å². The van der Waals surface area contributed by atoms with Gasteiger partial charge in [0.15, 0.2) is 5.03 Å². The minimum atomic E-state index is -4.16. The third-order valence-corrected chi connectivity index (χ3v) is 10.7. The molecule has 2 aliphatic heterocycles. The molecule has 1 aromatic carbocycles. The fourth-order valence-corrected chi connectivity index (χ4v) is 8.01. The van der Waals surface area contributed by atoms with Gasteiger partial charge >= 0.3 is 0 Å². The first-order valence-corrected chi connectivity index (χ1v) is 17.3. The first-order chi connectivity index (χ1) is 22.6.